The molecular formula is C21H29N3O5. The molecule has 0 N–H and O–H groups in total. The van der Waals surface area contributed by atoms with Gasteiger partial charge >= 0.3 is 6.09 Å². The van der Waals surface area contributed by atoms with Crippen LogP contribution < -0.4 is 9.64 Å². The first kappa shape index (κ1) is 21.0. The SMILES string of the molecule is COc1cccc(N2C[C@@H](C(=O)N3CCN(C(=O)OC(C)(C)C)CC3)CC2=O)c1. The van der Waals surface area contributed by atoms with Crippen LogP contribution in [0.4, 0.5) is 10.5 Å². The number of amides is 3. The van der Waals surface area contributed by atoms with Crippen LogP contribution in [0, 0.1) is 5.92 Å². The fourth-order valence-corrected chi connectivity index (χ4v) is 3.60. The lowest BCUT2D eigenvalue weighted by Crippen LogP contribution is -2.53. The van der Waals surface area contributed by atoms with Crippen molar-refractivity contribution < 1.29 is 23.9 Å². The van der Waals surface area contributed by atoms with Gasteiger partial charge in [0.05, 0.1) is 13.0 Å². The first-order valence-corrected chi connectivity index (χ1v) is 9.89. The largest absolute Gasteiger partial charge is 0.497 e. The highest BCUT2D eigenvalue weighted by Crippen LogP contribution is 2.29. The van der Waals surface area contributed by atoms with Crippen LogP contribution >= 0.6 is 0 Å². The van der Waals surface area contributed by atoms with E-state index in [0.717, 1.165) is 5.69 Å². The van der Waals surface area contributed by atoms with Gasteiger partial charge in [0.2, 0.25) is 11.8 Å². The van der Waals surface area contributed by atoms with Gasteiger partial charge in [-0.15, -0.1) is 0 Å². The molecule has 3 amide bonds. The molecule has 0 aliphatic carbocycles. The van der Waals surface area contributed by atoms with Gasteiger partial charge in [-0.05, 0) is 32.9 Å². The fourth-order valence-electron chi connectivity index (χ4n) is 3.60. The van der Waals surface area contributed by atoms with Gasteiger partial charge in [0.25, 0.3) is 0 Å². The van der Waals surface area contributed by atoms with Crippen molar-refractivity contribution in [3.8, 4) is 5.75 Å². The number of nitrogens with zero attached hydrogens (tertiary/aromatic N) is 3. The number of ether oxygens (including phenoxy) is 2. The Kier molecular flexibility index (Phi) is 6.00. The molecule has 0 radical (unpaired) electrons. The topological polar surface area (TPSA) is 79.4 Å². The molecule has 0 saturated carbocycles. The molecule has 2 fully saturated rings. The van der Waals surface area contributed by atoms with Gasteiger partial charge in [0.15, 0.2) is 0 Å². The Morgan fingerprint density at radius 3 is 2.34 bits per heavy atom. The van der Waals surface area contributed by atoms with Crippen molar-refractivity contribution in [2.24, 2.45) is 5.92 Å². The molecule has 8 heteroatoms. The number of hydrogen-bond acceptors (Lipinski definition) is 5. The van der Waals surface area contributed by atoms with Crippen LogP contribution in [0.15, 0.2) is 24.3 Å². The van der Waals surface area contributed by atoms with Crippen molar-refractivity contribution in [3.05, 3.63) is 24.3 Å². The third kappa shape index (κ3) is 4.99. The molecule has 29 heavy (non-hydrogen) atoms. The summed E-state index contributed by atoms with van der Waals surface area (Å²) in [6.07, 6.45) is -0.160. The highest BCUT2D eigenvalue weighted by Gasteiger charge is 2.38. The summed E-state index contributed by atoms with van der Waals surface area (Å²) in [5.74, 6) is 0.196. The number of hydrogen-bond donors (Lipinski definition) is 0. The summed E-state index contributed by atoms with van der Waals surface area (Å²) < 4.78 is 10.6. The molecule has 2 heterocycles. The van der Waals surface area contributed by atoms with E-state index in [1.54, 1.807) is 27.9 Å². The summed E-state index contributed by atoms with van der Waals surface area (Å²) in [6, 6.07) is 7.28. The zero-order chi connectivity index (χ0) is 21.2. The Labute approximate surface area is 171 Å². The van der Waals surface area contributed by atoms with E-state index < -0.39 is 5.60 Å². The van der Waals surface area contributed by atoms with Crippen molar-refractivity contribution in [3.63, 3.8) is 0 Å². The fraction of sp³-hybridized carbons (Fsp3) is 0.571. The Hall–Kier alpha value is -2.77. The van der Waals surface area contributed by atoms with Gasteiger partial charge in [0.1, 0.15) is 11.4 Å². The minimum Gasteiger partial charge on any atom is -0.497 e. The molecule has 2 saturated heterocycles. The predicted molar refractivity (Wildman–Crippen MR) is 108 cm³/mol. The maximum atomic E-state index is 12.9. The van der Waals surface area contributed by atoms with Crippen molar-refractivity contribution in [2.45, 2.75) is 32.8 Å². The van der Waals surface area contributed by atoms with Crippen LogP contribution in [-0.2, 0) is 14.3 Å². The van der Waals surface area contributed by atoms with Gasteiger partial charge in [-0.3, -0.25) is 9.59 Å². The molecule has 0 unspecified atom stereocenters. The average Bonchev–Trinajstić information content (AvgIpc) is 3.08. The second-order valence-electron chi connectivity index (χ2n) is 8.40. The van der Waals surface area contributed by atoms with Crippen molar-refractivity contribution >= 4 is 23.6 Å². The van der Waals surface area contributed by atoms with E-state index in [9.17, 15) is 14.4 Å². The van der Waals surface area contributed by atoms with E-state index in [-0.39, 0.29) is 30.2 Å². The second kappa shape index (κ2) is 8.31. The molecule has 0 spiro atoms. The molecule has 0 aromatic heterocycles. The summed E-state index contributed by atoms with van der Waals surface area (Å²) in [5.41, 5.74) is 0.192. The highest BCUT2D eigenvalue weighted by molar-refractivity contribution is 6.00. The van der Waals surface area contributed by atoms with Crippen molar-refractivity contribution in [1.29, 1.82) is 0 Å². The lowest BCUT2D eigenvalue weighted by molar-refractivity contribution is -0.137. The molecule has 2 aliphatic heterocycles. The lowest BCUT2D eigenvalue weighted by Gasteiger charge is -2.36. The van der Waals surface area contributed by atoms with E-state index >= 15 is 0 Å². The van der Waals surface area contributed by atoms with E-state index in [1.165, 1.54) is 0 Å². The Balaban J connectivity index is 1.56. The zero-order valence-corrected chi connectivity index (χ0v) is 17.5. The van der Waals surface area contributed by atoms with Crippen LogP contribution in [0.1, 0.15) is 27.2 Å². The van der Waals surface area contributed by atoms with Crippen LogP contribution in [0.2, 0.25) is 0 Å². The first-order chi connectivity index (χ1) is 13.7. The molecule has 1 aromatic rings. The number of carbonyl (C=O) groups excluding carboxylic acids is 3. The van der Waals surface area contributed by atoms with Crippen LogP contribution in [0.25, 0.3) is 0 Å². The summed E-state index contributed by atoms with van der Waals surface area (Å²) >= 11 is 0. The number of rotatable bonds is 3. The molecule has 3 rings (SSSR count). The molecular weight excluding hydrogens is 374 g/mol. The van der Waals surface area contributed by atoms with E-state index in [0.29, 0.717) is 38.5 Å². The number of carbonyl (C=O) groups is 3. The Morgan fingerprint density at radius 2 is 1.72 bits per heavy atom. The quantitative estimate of drug-likeness (QED) is 0.773. The number of methoxy groups -OCH3 is 1. The summed E-state index contributed by atoms with van der Waals surface area (Å²) in [5, 5.41) is 0. The maximum Gasteiger partial charge on any atom is 0.410 e. The van der Waals surface area contributed by atoms with E-state index in [1.807, 2.05) is 39.0 Å². The first-order valence-electron chi connectivity index (χ1n) is 9.89. The van der Waals surface area contributed by atoms with Gasteiger partial charge < -0.3 is 24.2 Å². The summed E-state index contributed by atoms with van der Waals surface area (Å²) in [6.45, 7) is 7.60. The molecule has 2 aliphatic rings. The van der Waals surface area contributed by atoms with Gasteiger partial charge in [0, 0.05) is 50.9 Å². The average molecular weight is 403 g/mol. The molecule has 158 valence electrons. The van der Waals surface area contributed by atoms with Crippen LogP contribution in [-0.4, -0.2) is 73.1 Å². The van der Waals surface area contributed by atoms with Gasteiger partial charge in [-0.25, -0.2) is 4.79 Å². The minimum absolute atomic E-state index is 0.0346. The molecule has 1 aromatic carbocycles. The van der Waals surface area contributed by atoms with E-state index in [4.69, 9.17) is 9.47 Å². The smallest absolute Gasteiger partial charge is 0.410 e. The second-order valence-corrected chi connectivity index (χ2v) is 8.40. The van der Waals surface area contributed by atoms with Crippen molar-refractivity contribution in [2.75, 3.05) is 44.7 Å². The molecule has 8 nitrogen and oxygen atoms in total. The zero-order valence-electron chi connectivity index (χ0n) is 17.5. The lowest BCUT2D eigenvalue weighted by atomic mass is 10.1. The third-order valence-corrected chi connectivity index (χ3v) is 5.08. The highest BCUT2D eigenvalue weighted by atomic mass is 16.6. The van der Waals surface area contributed by atoms with Crippen LogP contribution in [0.3, 0.4) is 0 Å². The number of piperazine rings is 1. The number of anilines is 1. The van der Waals surface area contributed by atoms with E-state index in [2.05, 4.69) is 0 Å². The summed E-state index contributed by atoms with van der Waals surface area (Å²) in [4.78, 5) is 42.6. The predicted octanol–water partition coefficient (Wildman–Crippen LogP) is 2.13. The third-order valence-electron chi connectivity index (χ3n) is 5.08. The van der Waals surface area contributed by atoms with Crippen molar-refractivity contribution in [1.82, 2.24) is 9.80 Å². The van der Waals surface area contributed by atoms with Gasteiger partial charge in [-0.1, -0.05) is 6.07 Å². The Morgan fingerprint density at radius 1 is 1.07 bits per heavy atom. The monoisotopic (exact) mass is 403 g/mol. The summed E-state index contributed by atoms with van der Waals surface area (Å²) in [7, 11) is 1.58. The Bertz CT molecular complexity index is 781. The molecule has 1 atom stereocenters. The van der Waals surface area contributed by atoms with Crippen LogP contribution in [0.5, 0.6) is 5.75 Å². The molecule has 0 bridgehead atoms. The normalized spacial score (nSPS) is 20.1. The standard InChI is InChI=1S/C21H29N3O5/c1-21(2,3)29-20(27)23-10-8-22(9-11-23)19(26)15-12-18(25)24(14-15)16-6-5-7-17(13-16)28-4/h5-7,13,15H,8-12,14H2,1-4H3/t15-/m0/s1. The minimum atomic E-state index is -0.544. The maximum absolute atomic E-state index is 12.9. The number of benzene rings is 1. The van der Waals surface area contributed by atoms with Gasteiger partial charge in [-0.2, -0.15) is 0 Å².